The van der Waals surface area contributed by atoms with Crippen LogP contribution in [0.5, 0.6) is 0 Å². The van der Waals surface area contributed by atoms with Crippen molar-refractivity contribution in [2.24, 2.45) is 5.92 Å². The predicted octanol–water partition coefficient (Wildman–Crippen LogP) is 0.886. The highest BCUT2D eigenvalue weighted by molar-refractivity contribution is 7.89. The first-order valence-electron chi connectivity index (χ1n) is 7.53. The van der Waals surface area contributed by atoms with E-state index in [0.717, 1.165) is 32.5 Å². The maximum atomic E-state index is 12.6. The summed E-state index contributed by atoms with van der Waals surface area (Å²) < 4.78 is 28.2. The van der Waals surface area contributed by atoms with Gasteiger partial charge in [-0.2, -0.15) is 0 Å². The minimum absolute atomic E-state index is 0.00832. The van der Waals surface area contributed by atoms with Crippen LogP contribution in [0.2, 0.25) is 0 Å². The summed E-state index contributed by atoms with van der Waals surface area (Å²) in [5, 5.41) is 3.16. The summed E-state index contributed by atoms with van der Waals surface area (Å²) in [7, 11) is -3.59. The van der Waals surface area contributed by atoms with Crippen LogP contribution in [0, 0.1) is 5.92 Å². The Bertz CT molecular complexity index is 597. The first kappa shape index (κ1) is 14.7. The molecule has 2 bridgehead atoms. The summed E-state index contributed by atoms with van der Waals surface area (Å²) >= 11 is 0. The molecule has 0 aromatic carbocycles. The predicted molar refractivity (Wildman–Crippen MR) is 81.7 cm³/mol. The van der Waals surface area contributed by atoms with Crippen LogP contribution in [0.3, 0.4) is 0 Å². The van der Waals surface area contributed by atoms with E-state index in [0.29, 0.717) is 18.2 Å². The minimum Gasteiger partial charge on any atom is -0.383 e. The number of pyridine rings is 1. The molecule has 0 aliphatic carbocycles. The van der Waals surface area contributed by atoms with Crippen LogP contribution in [-0.2, 0) is 10.0 Å². The van der Waals surface area contributed by atoms with Crippen molar-refractivity contribution < 1.29 is 8.42 Å². The molecular formula is C14H22N4O2S. The van der Waals surface area contributed by atoms with Gasteiger partial charge in [0, 0.05) is 25.3 Å². The fraction of sp³-hybridized carbons (Fsp3) is 0.643. The normalized spacial score (nSPS) is 28.5. The number of hydrogen-bond donors (Lipinski definition) is 2. The molecule has 2 N–H and O–H groups in total. The van der Waals surface area contributed by atoms with Gasteiger partial charge in [0.05, 0.1) is 5.69 Å². The lowest BCUT2D eigenvalue weighted by atomic mass is 9.85. The van der Waals surface area contributed by atoms with Gasteiger partial charge in [0.2, 0.25) is 0 Å². The highest BCUT2D eigenvalue weighted by Crippen LogP contribution is 2.29. The van der Waals surface area contributed by atoms with Crippen LogP contribution in [0.15, 0.2) is 23.4 Å². The molecule has 3 aliphatic heterocycles. The van der Waals surface area contributed by atoms with E-state index in [1.165, 1.54) is 6.20 Å². The lowest BCUT2D eigenvalue weighted by molar-refractivity contribution is 0.0827. The van der Waals surface area contributed by atoms with Gasteiger partial charge >= 0.3 is 0 Å². The quantitative estimate of drug-likeness (QED) is 0.845. The van der Waals surface area contributed by atoms with E-state index in [-0.39, 0.29) is 11.1 Å². The zero-order valence-electron chi connectivity index (χ0n) is 12.2. The van der Waals surface area contributed by atoms with Gasteiger partial charge in [-0.1, -0.05) is 0 Å². The van der Waals surface area contributed by atoms with Gasteiger partial charge in [-0.15, -0.1) is 0 Å². The average Bonchev–Trinajstić information content (AvgIpc) is 2.49. The molecule has 1 aromatic rings. The number of aromatic nitrogens is 1. The molecule has 21 heavy (non-hydrogen) atoms. The number of nitrogens with one attached hydrogen (secondary N) is 2. The molecule has 4 rings (SSSR count). The van der Waals surface area contributed by atoms with Crippen molar-refractivity contribution in [2.75, 3.05) is 31.5 Å². The first-order chi connectivity index (χ1) is 10.1. The van der Waals surface area contributed by atoms with Crippen LogP contribution in [0.4, 0.5) is 5.69 Å². The van der Waals surface area contributed by atoms with Crippen LogP contribution < -0.4 is 10.0 Å². The second kappa shape index (κ2) is 5.90. The van der Waals surface area contributed by atoms with Crippen molar-refractivity contribution in [3.05, 3.63) is 18.3 Å². The standard InChI is InChI=1S/C14H22N4O2S/c1-2-15-12-4-3-7-16-14(12)21(19,20)17-13-10-18-8-5-11(13)6-9-18/h3-4,7,11,13,15,17H,2,5-6,8-10H2,1H3. The molecule has 3 fully saturated rings. The van der Waals surface area contributed by atoms with E-state index in [9.17, 15) is 8.42 Å². The van der Waals surface area contributed by atoms with E-state index in [1.807, 2.05) is 6.92 Å². The Morgan fingerprint density at radius 3 is 2.76 bits per heavy atom. The van der Waals surface area contributed by atoms with Gasteiger partial charge < -0.3 is 10.2 Å². The highest BCUT2D eigenvalue weighted by Gasteiger charge is 2.37. The van der Waals surface area contributed by atoms with E-state index in [4.69, 9.17) is 0 Å². The molecule has 3 aliphatic rings. The number of nitrogens with zero attached hydrogens (tertiary/aromatic N) is 2. The molecule has 116 valence electrons. The van der Waals surface area contributed by atoms with Crippen molar-refractivity contribution in [1.29, 1.82) is 0 Å². The first-order valence-corrected chi connectivity index (χ1v) is 9.02. The summed E-state index contributed by atoms with van der Waals surface area (Å²) in [6.45, 7) is 5.59. The maximum absolute atomic E-state index is 12.6. The lowest BCUT2D eigenvalue weighted by Crippen LogP contribution is -2.57. The highest BCUT2D eigenvalue weighted by atomic mass is 32.2. The molecule has 0 spiro atoms. The summed E-state index contributed by atoms with van der Waals surface area (Å²) in [6, 6.07) is 3.50. The molecular weight excluding hydrogens is 288 g/mol. The largest absolute Gasteiger partial charge is 0.383 e. The summed E-state index contributed by atoms with van der Waals surface area (Å²) in [5.41, 5.74) is 0.564. The van der Waals surface area contributed by atoms with Crippen LogP contribution in [0.1, 0.15) is 19.8 Å². The van der Waals surface area contributed by atoms with Crippen molar-refractivity contribution >= 4 is 15.7 Å². The van der Waals surface area contributed by atoms with Gasteiger partial charge in [-0.05, 0) is 50.9 Å². The fourth-order valence-electron chi connectivity index (χ4n) is 3.28. The van der Waals surface area contributed by atoms with Gasteiger partial charge in [0.1, 0.15) is 0 Å². The third-order valence-corrected chi connectivity index (χ3v) is 5.80. The van der Waals surface area contributed by atoms with Crippen LogP contribution in [-0.4, -0.2) is 50.5 Å². The number of rotatable bonds is 5. The Balaban J connectivity index is 1.81. The Kier molecular flexibility index (Phi) is 4.14. The molecule has 3 saturated heterocycles. The molecule has 7 heteroatoms. The Morgan fingerprint density at radius 1 is 1.38 bits per heavy atom. The second-order valence-electron chi connectivity index (χ2n) is 5.75. The molecule has 0 radical (unpaired) electrons. The van der Waals surface area contributed by atoms with E-state index in [2.05, 4.69) is 19.9 Å². The molecule has 6 nitrogen and oxygen atoms in total. The van der Waals surface area contributed by atoms with E-state index >= 15 is 0 Å². The van der Waals surface area contributed by atoms with Crippen molar-refractivity contribution in [1.82, 2.24) is 14.6 Å². The van der Waals surface area contributed by atoms with E-state index < -0.39 is 10.0 Å². The molecule has 1 aromatic heterocycles. The number of anilines is 1. The minimum atomic E-state index is -3.59. The molecule has 0 amide bonds. The number of hydrogen-bond acceptors (Lipinski definition) is 5. The number of fused-ring (bicyclic) bond motifs is 3. The smallest absolute Gasteiger partial charge is 0.260 e. The Hall–Kier alpha value is -1.18. The average molecular weight is 310 g/mol. The monoisotopic (exact) mass is 310 g/mol. The zero-order valence-corrected chi connectivity index (χ0v) is 13.1. The third kappa shape index (κ3) is 3.04. The third-order valence-electron chi connectivity index (χ3n) is 4.36. The van der Waals surface area contributed by atoms with Gasteiger partial charge in [-0.3, -0.25) is 0 Å². The number of sulfonamides is 1. The zero-order chi connectivity index (χ0) is 14.9. The van der Waals surface area contributed by atoms with Crippen LogP contribution in [0.25, 0.3) is 0 Å². The molecule has 4 heterocycles. The van der Waals surface area contributed by atoms with Crippen LogP contribution >= 0.6 is 0 Å². The van der Waals surface area contributed by atoms with Gasteiger partial charge in [-0.25, -0.2) is 18.1 Å². The maximum Gasteiger partial charge on any atom is 0.260 e. The summed E-state index contributed by atoms with van der Waals surface area (Å²) in [4.78, 5) is 6.40. The topological polar surface area (TPSA) is 74.3 Å². The van der Waals surface area contributed by atoms with Crippen molar-refractivity contribution in [2.45, 2.75) is 30.8 Å². The van der Waals surface area contributed by atoms with Crippen molar-refractivity contribution in [3.8, 4) is 0 Å². The SMILES string of the molecule is CCNc1cccnc1S(=O)(=O)NC1CN2CCC1CC2. The molecule has 1 unspecified atom stereocenters. The molecule has 1 atom stereocenters. The van der Waals surface area contributed by atoms with Gasteiger partial charge in [0.15, 0.2) is 5.03 Å². The Labute approximate surface area is 126 Å². The van der Waals surface area contributed by atoms with E-state index in [1.54, 1.807) is 12.1 Å². The lowest BCUT2D eigenvalue weighted by Gasteiger charge is -2.44. The molecule has 0 saturated carbocycles. The second-order valence-corrected chi connectivity index (χ2v) is 7.38. The summed E-state index contributed by atoms with van der Waals surface area (Å²) in [5.74, 6) is 0.455. The van der Waals surface area contributed by atoms with Gasteiger partial charge in [0.25, 0.3) is 10.0 Å². The summed E-state index contributed by atoms with van der Waals surface area (Å²) in [6.07, 6.45) is 3.68. The Morgan fingerprint density at radius 2 is 2.14 bits per heavy atom. The fourth-order valence-corrected chi connectivity index (χ4v) is 4.69. The number of piperidine rings is 3. The van der Waals surface area contributed by atoms with Crippen molar-refractivity contribution in [3.63, 3.8) is 0 Å².